The van der Waals surface area contributed by atoms with Crippen molar-refractivity contribution in [3.05, 3.63) is 35.4 Å². The fourth-order valence-electron chi connectivity index (χ4n) is 1.33. The number of rotatable bonds is 6. The lowest BCUT2D eigenvalue weighted by molar-refractivity contribution is -0.120. The average Bonchev–Trinajstić information content (AvgIpc) is 2.33. The summed E-state index contributed by atoms with van der Waals surface area (Å²) in [5, 5.41) is 11.5. The van der Waals surface area contributed by atoms with E-state index in [1.54, 1.807) is 12.1 Å². The van der Waals surface area contributed by atoms with Gasteiger partial charge in [0, 0.05) is 19.2 Å². The molecule has 1 aromatic carbocycles. The molecule has 0 radical (unpaired) electrons. The molecule has 0 aliphatic heterocycles. The predicted molar refractivity (Wildman–Crippen MR) is 68.5 cm³/mol. The van der Waals surface area contributed by atoms with Crippen LogP contribution in [-0.4, -0.2) is 31.4 Å². The first-order chi connectivity index (χ1) is 8.40. The molecular formula is C12H17NO4S. The van der Waals surface area contributed by atoms with Gasteiger partial charge in [-0.1, -0.05) is 24.3 Å². The Morgan fingerprint density at radius 1 is 1.22 bits per heavy atom. The van der Waals surface area contributed by atoms with Gasteiger partial charge in [0.1, 0.15) is 9.84 Å². The highest BCUT2D eigenvalue weighted by Crippen LogP contribution is 2.04. The largest absolute Gasteiger partial charge is 0.392 e. The van der Waals surface area contributed by atoms with Crippen LogP contribution >= 0.6 is 0 Å². The second kappa shape index (κ2) is 6.51. The van der Waals surface area contributed by atoms with Crippen LogP contribution in [0.3, 0.4) is 0 Å². The Balaban J connectivity index is 2.38. The van der Waals surface area contributed by atoms with E-state index in [4.69, 9.17) is 5.11 Å². The van der Waals surface area contributed by atoms with Crippen molar-refractivity contribution in [2.24, 2.45) is 0 Å². The first kappa shape index (κ1) is 14.7. The molecule has 0 spiro atoms. The van der Waals surface area contributed by atoms with Gasteiger partial charge in [-0.15, -0.1) is 0 Å². The Hall–Kier alpha value is -1.40. The van der Waals surface area contributed by atoms with Gasteiger partial charge in [0.05, 0.1) is 12.4 Å². The molecule has 1 amide bonds. The molecule has 6 heteroatoms. The highest BCUT2D eigenvalue weighted by Gasteiger charge is 2.07. The number of sulfone groups is 1. The van der Waals surface area contributed by atoms with Crippen molar-refractivity contribution >= 4 is 15.7 Å². The number of hydrogen-bond donors (Lipinski definition) is 2. The van der Waals surface area contributed by atoms with E-state index in [0.29, 0.717) is 6.54 Å². The number of benzene rings is 1. The van der Waals surface area contributed by atoms with Crippen LogP contribution in [0.5, 0.6) is 0 Å². The van der Waals surface area contributed by atoms with Gasteiger partial charge < -0.3 is 10.4 Å². The van der Waals surface area contributed by atoms with Crippen LogP contribution < -0.4 is 5.32 Å². The Morgan fingerprint density at radius 3 is 2.28 bits per heavy atom. The van der Waals surface area contributed by atoms with E-state index in [1.165, 1.54) is 0 Å². The molecule has 5 nitrogen and oxygen atoms in total. The number of amides is 1. The zero-order chi connectivity index (χ0) is 13.6. The topological polar surface area (TPSA) is 83.5 Å². The Labute approximate surface area is 107 Å². The SMILES string of the molecule is CS(=O)(=O)CCC(=O)NCc1ccc(CO)cc1. The van der Waals surface area contributed by atoms with E-state index >= 15 is 0 Å². The fourth-order valence-corrected chi connectivity index (χ4v) is 1.89. The number of aliphatic hydroxyl groups is 1. The lowest BCUT2D eigenvalue weighted by atomic mass is 10.1. The van der Waals surface area contributed by atoms with Gasteiger partial charge in [0.2, 0.25) is 5.91 Å². The van der Waals surface area contributed by atoms with Crippen LogP contribution in [0.1, 0.15) is 17.5 Å². The molecule has 1 rings (SSSR count). The standard InChI is InChI=1S/C12H17NO4S/c1-18(16,17)7-6-12(15)13-8-10-2-4-11(9-14)5-3-10/h2-5,14H,6-9H2,1H3,(H,13,15). The second-order valence-electron chi connectivity index (χ2n) is 4.13. The summed E-state index contributed by atoms with van der Waals surface area (Å²) in [6, 6.07) is 7.17. The first-order valence-electron chi connectivity index (χ1n) is 5.54. The van der Waals surface area contributed by atoms with E-state index < -0.39 is 9.84 Å². The minimum Gasteiger partial charge on any atom is -0.392 e. The molecule has 2 N–H and O–H groups in total. The zero-order valence-electron chi connectivity index (χ0n) is 10.2. The normalized spacial score (nSPS) is 11.2. The maximum Gasteiger partial charge on any atom is 0.221 e. The second-order valence-corrected chi connectivity index (χ2v) is 6.39. The van der Waals surface area contributed by atoms with Gasteiger partial charge in [-0.25, -0.2) is 8.42 Å². The fraction of sp³-hybridized carbons (Fsp3) is 0.417. The highest BCUT2D eigenvalue weighted by molar-refractivity contribution is 7.90. The monoisotopic (exact) mass is 271 g/mol. The summed E-state index contributed by atoms with van der Waals surface area (Å²) in [5.41, 5.74) is 1.71. The van der Waals surface area contributed by atoms with Gasteiger partial charge in [-0.05, 0) is 11.1 Å². The number of carbonyl (C=O) groups is 1. The van der Waals surface area contributed by atoms with Crippen molar-refractivity contribution in [3.63, 3.8) is 0 Å². The zero-order valence-corrected chi connectivity index (χ0v) is 11.0. The van der Waals surface area contributed by atoms with Crippen molar-refractivity contribution in [2.75, 3.05) is 12.0 Å². The summed E-state index contributed by atoms with van der Waals surface area (Å²) >= 11 is 0. The molecule has 0 aromatic heterocycles. The molecule has 0 heterocycles. The van der Waals surface area contributed by atoms with Crippen LogP contribution in [-0.2, 0) is 27.8 Å². The van der Waals surface area contributed by atoms with Gasteiger partial charge in [0.25, 0.3) is 0 Å². The van der Waals surface area contributed by atoms with Crippen molar-refractivity contribution in [2.45, 2.75) is 19.6 Å². The van der Waals surface area contributed by atoms with E-state index in [9.17, 15) is 13.2 Å². The molecule has 0 atom stereocenters. The maximum atomic E-state index is 11.4. The van der Waals surface area contributed by atoms with E-state index in [-0.39, 0.29) is 24.7 Å². The number of hydrogen-bond acceptors (Lipinski definition) is 4. The smallest absolute Gasteiger partial charge is 0.221 e. The van der Waals surface area contributed by atoms with E-state index in [0.717, 1.165) is 17.4 Å². The number of carbonyl (C=O) groups excluding carboxylic acids is 1. The Bertz CT molecular complexity index is 493. The van der Waals surface area contributed by atoms with Crippen LogP contribution in [0.4, 0.5) is 0 Å². The third kappa shape index (κ3) is 5.79. The molecule has 0 saturated heterocycles. The van der Waals surface area contributed by atoms with Crippen LogP contribution in [0.25, 0.3) is 0 Å². The maximum absolute atomic E-state index is 11.4. The molecule has 0 aliphatic carbocycles. The molecule has 18 heavy (non-hydrogen) atoms. The van der Waals surface area contributed by atoms with Gasteiger partial charge in [-0.2, -0.15) is 0 Å². The summed E-state index contributed by atoms with van der Waals surface area (Å²) in [6.45, 7) is 0.343. The Morgan fingerprint density at radius 2 is 1.78 bits per heavy atom. The molecule has 0 unspecified atom stereocenters. The van der Waals surface area contributed by atoms with Gasteiger partial charge in [-0.3, -0.25) is 4.79 Å². The predicted octanol–water partition coefficient (Wildman–Crippen LogP) is 0.230. The quantitative estimate of drug-likeness (QED) is 0.776. The number of aliphatic hydroxyl groups excluding tert-OH is 1. The van der Waals surface area contributed by atoms with Crippen LogP contribution in [0.2, 0.25) is 0 Å². The summed E-state index contributed by atoms with van der Waals surface area (Å²) < 4.78 is 21.8. The summed E-state index contributed by atoms with van der Waals surface area (Å²) in [5.74, 6) is -0.422. The highest BCUT2D eigenvalue weighted by atomic mass is 32.2. The van der Waals surface area contributed by atoms with E-state index in [1.807, 2.05) is 12.1 Å². The lowest BCUT2D eigenvalue weighted by Crippen LogP contribution is -2.24. The molecular weight excluding hydrogens is 254 g/mol. The molecule has 0 fully saturated rings. The first-order valence-corrected chi connectivity index (χ1v) is 7.60. The van der Waals surface area contributed by atoms with Crippen LogP contribution in [0, 0.1) is 0 Å². The van der Waals surface area contributed by atoms with E-state index in [2.05, 4.69) is 5.32 Å². The summed E-state index contributed by atoms with van der Waals surface area (Å²) in [7, 11) is -3.10. The molecule has 0 saturated carbocycles. The minimum atomic E-state index is -3.10. The minimum absolute atomic E-state index is 0.0129. The molecule has 100 valence electrons. The Kier molecular flexibility index (Phi) is 5.30. The molecule has 1 aromatic rings. The summed E-state index contributed by atoms with van der Waals surface area (Å²) in [4.78, 5) is 11.4. The van der Waals surface area contributed by atoms with Crippen molar-refractivity contribution < 1.29 is 18.3 Å². The summed E-state index contributed by atoms with van der Waals surface area (Å²) in [6.07, 6.45) is 1.08. The van der Waals surface area contributed by atoms with Crippen molar-refractivity contribution in [1.82, 2.24) is 5.32 Å². The molecule has 0 aliphatic rings. The third-order valence-electron chi connectivity index (χ3n) is 2.40. The van der Waals surface area contributed by atoms with Gasteiger partial charge >= 0.3 is 0 Å². The van der Waals surface area contributed by atoms with Crippen LogP contribution in [0.15, 0.2) is 24.3 Å². The van der Waals surface area contributed by atoms with Crippen molar-refractivity contribution in [1.29, 1.82) is 0 Å². The van der Waals surface area contributed by atoms with Gasteiger partial charge in [0.15, 0.2) is 0 Å². The number of nitrogens with one attached hydrogen (secondary N) is 1. The average molecular weight is 271 g/mol. The molecule has 0 bridgehead atoms. The lowest BCUT2D eigenvalue weighted by Gasteiger charge is -2.05. The third-order valence-corrected chi connectivity index (χ3v) is 3.34. The van der Waals surface area contributed by atoms with Crippen molar-refractivity contribution in [3.8, 4) is 0 Å².